The summed E-state index contributed by atoms with van der Waals surface area (Å²) in [4.78, 5) is 12.6. The number of nitrogens with one attached hydrogen (secondary N) is 1. The lowest BCUT2D eigenvalue weighted by Gasteiger charge is -2.30. The number of hydrogen-bond acceptors (Lipinski definition) is 5. The highest BCUT2D eigenvalue weighted by atomic mass is 79.9. The Morgan fingerprint density at radius 3 is 2.44 bits per heavy atom. The average molecular weight is 525 g/mol. The summed E-state index contributed by atoms with van der Waals surface area (Å²) >= 11 is 3.37. The van der Waals surface area contributed by atoms with E-state index in [2.05, 4.69) is 21.2 Å². The van der Waals surface area contributed by atoms with Crippen molar-refractivity contribution in [3.63, 3.8) is 0 Å². The molecule has 0 unspecified atom stereocenters. The fourth-order valence-corrected chi connectivity index (χ4v) is 5.83. The molecule has 1 fully saturated rings. The molecule has 2 aromatic rings. The van der Waals surface area contributed by atoms with Crippen LogP contribution in [-0.2, 0) is 27.0 Å². The van der Waals surface area contributed by atoms with Gasteiger partial charge in [-0.25, -0.2) is 12.7 Å². The molecule has 7 nitrogen and oxygen atoms in total. The predicted octanol–water partition coefficient (Wildman–Crippen LogP) is 3.37. The smallest absolute Gasteiger partial charge is 0.223 e. The van der Waals surface area contributed by atoms with Crippen LogP contribution >= 0.6 is 15.9 Å². The van der Waals surface area contributed by atoms with E-state index in [-0.39, 0.29) is 17.6 Å². The van der Waals surface area contributed by atoms with Gasteiger partial charge in [-0.2, -0.15) is 0 Å². The molecule has 0 saturated carbocycles. The Morgan fingerprint density at radius 2 is 1.78 bits per heavy atom. The van der Waals surface area contributed by atoms with Gasteiger partial charge in [-0.05, 0) is 54.7 Å². The van der Waals surface area contributed by atoms with Crippen LogP contribution in [0.4, 0.5) is 0 Å². The number of amides is 1. The van der Waals surface area contributed by atoms with E-state index in [0.717, 1.165) is 15.6 Å². The molecule has 0 aliphatic carbocycles. The summed E-state index contributed by atoms with van der Waals surface area (Å²) in [6.07, 6.45) is 1.73. The molecular formula is C23H29BrN2O5S. The van der Waals surface area contributed by atoms with Gasteiger partial charge in [0.25, 0.3) is 0 Å². The van der Waals surface area contributed by atoms with Gasteiger partial charge in [-0.15, -0.1) is 0 Å². The summed E-state index contributed by atoms with van der Waals surface area (Å²) in [6, 6.07) is 13.0. The van der Waals surface area contributed by atoms with Gasteiger partial charge in [-0.1, -0.05) is 34.1 Å². The normalized spacial score (nSPS) is 15.3. The van der Waals surface area contributed by atoms with Gasteiger partial charge in [0.05, 0.1) is 20.0 Å². The maximum absolute atomic E-state index is 12.8. The first-order valence-corrected chi connectivity index (χ1v) is 12.9. The minimum absolute atomic E-state index is 0.0190. The Morgan fingerprint density at radius 1 is 1.06 bits per heavy atom. The minimum atomic E-state index is -3.41. The number of piperidine rings is 1. The van der Waals surface area contributed by atoms with E-state index in [9.17, 15) is 13.2 Å². The molecule has 2 aromatic carbocycles. The van der Waals surface area contributed by atoms with E-state index in [1.807, 2.05) is 36.4 Å². The topological polar surface area (TPSA) is 84.9 Å². The highest BCUT2D eigenvalue weighted by Gasteiger charge is 2.31. The van der Waals surface area contributed by atoms with E-state index in [1.54, 1.807) is 20.3 Å². The van der Waals surface area contributed by atoms with Crippen LogP contribution in [0.15, 0.2) is 46.9 Å². The van der Waals surface area contributed by atoms with Gasteiger partial charge in [-0.3, -0.25) is 4.79 Å². The number of nitrogens with zero attached hydrogens (tertiary/aromatic N) is 1. The first kappa shape index (κ1) is 24.5. The van der Waals surface area contributed by atoms with Crippen LogP contribution in [0.25, 0.3) is 0 Å². The molecule has 174 valence electrons. The minimum Gasteiger partial charge on any atom is -0.493 e. The van der Waals surface area contributed by atoms with Crippen LogP contribution in [0.3, 0.4) is 0 Å². The molecule has 0 radical (unpaired) electrons. The standard InChI is InChI=1S/C23H29BrN2O5S/c1-30-21-7-6-17(15-22(21)31-2)8-11-25-23(27)19-9-12-26(13-10-19)32(28,29)16-18-4-3-5-20(24)14-18/h3-7,14-15,19H,8-13,16H2,1-2H3,(H,25,27). The second kappa shape index (κ2) is 11.2. The lowest BCUT2D eigenvalue weighted by atomic mass is 9.97. The van der Waals surface area contributed by atoms with Crippen molar-refractivity contribution in [2.45, 2.75) is 25.0 Å². The van der Waals surface area contributed by atoms with Crippen LogP contribution in [-0.4, -0.2) is 52.5 Å². The lowest BCUT2D eigenvalue weighted by molar-refractivity contribution is -0.126. The van der Waals surface area contributed by atoms with E-state index in [0.29, 0.717) is 50.4 Å². The van der Waals surface area contributed by atoms with Crippen molar-refractivity contribution in [1.82, 2.24) is 9.62 Å². The Kier molecular flexibility index (Phi) is 8.56. The molecule has 1 heterocycles. The van der Waals surface area contributed by atoms with Gasteiger partial charge >= 0.3 is 0 Å². The quantitative estimate of drug-likeness (QED) is 0.543. The van der Waals surface area contributed by atoms with Crippen LogP contribution < -0.4 is 14.8 Å². The number of methoxy groups -OCH3 is 2. The van der Waals surface area contributed by atoms with Crippen LogP contribution in [0, 0.1) is 5.92 Å². The van der Waals surface area contributed by atoms with Crippen molar-refractivity contribution < 1.29 is 22.7 Å². The Balaban J connectivity index is 1.46. The molecule has 1 saturated heterocycles. The molecule has 0 bridgehead atoms. The first-order valence-electron chi connectivity index (χ1n) is 10.5. The second-order valence-electron chi connectivity index (χ2n) is 7.79. The molecule has 3 rings (SSSR count). The number of carbonyl (C=O) groups is 1. The largest absolute Gasteiger partial charge is 0.493 e. The molecule has 32 heavy (non-hydrogen) atoms. The number of hydrogen-bond donors (Lipinski definition) is 1. The molecule has 0 spiro atoms. The summed E-state index contributed by atoms with van der Waals surface area (Å²) in [5.41, 5.74) is 1.78. The summed E-state index contributed by atoms with van der Waals surface area (Å²) < 4.78 is 38.4. The zero-order valence-corrected chi connectivity index (χ0v) is 20.7. The molecule has 1 N–H and O–H groups in total. The van der Waals surface area contributed by atoms with Gasteiger partial charge in [0.1, 0.15) is 0 Å². The molecule has 9 heteroatoms. The number of carbonyl (C=O) groups excluding carboxylic acids is 1. The third-order valence-electron chi connectivity index (χ3n) is 5.62. The van der Waals surface area contributed by atoms with Crippen molar-refractivity contribution in [3.8, 4) is 11.5 Å². The molecular weight excluding hydrogens is 496 g/mol. The van der Waals surface area contributed by atoms with E-state index < -0.39 is 10.0 Å². The Hall–Kier alpha value is -2.10. The monoisotopic (exact) mass is 524 g/mol. The first-order chi connectivity index (χ1) is 15.3. The highest BCUT2D eigenvalue weighted by Crippen LogP contribution is 2.27. The van der Waals surface area contributed by atoms with Gasteiger partial charge in [0.2, 0.25) is 15.9 Å². The highest BCUT2D eigenvalue weighted by molar-refractivity contribution is 9.10. The average Bonchev–Trinajstić information content (AvgIpc) is 2.78. The molecule has 1 aliphatic heterocycles. The fraction of sp³-hybridized carbons (Fsp3) is 0.435. The Bertz CT molecular complexity index is 1040. The number of halogens is 1. The van der Waals surface area contributed by atoms with Crippen LogP contribution in [0.1, 0.15) is 24.0 Å². The SMILES string of the molecule is COc1ccc(CCNC(=O)C2CCN(S(=O)(=O)Cc3cccc(Br)c3)CC2)cc1OC. The summed E-state index contributed by atoms with van der Waals surface area (Å²) in [7, 11) is -0.225. The number of ether oxygens (including phenoxy) is 2. The van der Waals surface area contributed by atoms with Gasteiger partial charge < -0.3 is 14.8 Å². The fourth-order valence-electron chi connectivity index (χ4n) is 3.84. The van der Waals surface area contributed by atoms with E-state index >= 15 is 0 Å². The number of benzene rings is 2. The Labute approximate surface area is 198 Å². The van der Waals surface area contributed by atoms with Crippen LogP contribution in [0.2, 0.25) is 0 Å². The van der Waals surface area contributed by atoms with Gasteiger partial charge in [0, 0.05) is 30.0 Å². The van der Waals surface area contributed by atoms with Crippen molar-refractivity contribution >= 4 is 31.9 Å². The van der Waals surface area contributed by atoms with Crippen molar-refractivity contribution in [2.24, 2.45) is 5.92 Å². The summed E-state index contributed by atoms with van der Waals surface area (Å²) in [6.45, 7) is 1.24. The third kappa shape index (κ3) is 6.46. The zero-order chi connectivity index (χ0) is 23.1. The number of rotatable bonds is 9. The molecule has 0 atom stereocenters. The third-order valence-corrected chi connectivity index (χ3v) is 7.96. The van der Waals surface area contributed by atoms with Crippen LogP contribution in [0.5, 0.6) is 11.5 Å². The summed E-state index contributed by atoms with van der Waals surface area (Å²) in [5.74, 6) is 1.11. The maximum Gasteiger partial charge on any atom is 0.223 e. The van der Waals surface area contributed by atoms with E-state index in [4.69, 9.17) is 9.47 Å². The second-order valence-corrected chi connectivity index (χ2v) is 10.7. The molecule has 0 aromatic heterocycles. The lowest BCUT2D eigenvalue weighted by Crippen LogP contribution is -2.43. The zero-order valence-electron chi connectivity index (χ0n) is 18.3. The van der Waals surface area contributed by atoms with Crippen molar-refractivity contribution in [3.05, 3.63) is 58.1 Å². The van der Waals surface area contributed by atoms with Gasteiger partial charge in [0.15, 0.2) is 11.5 Å². The number of sulfonamides is 1. The molecule has 1 amide bonds. The summed E-state index contributed by atoms with van der Waals surface area (Å²) in [5, 5.41) is 2.98. The van der Waals surface area contributed by atoms with E-state index in [1.165, 1.54) is 4.31 Å². The predicted molar refractivity (Wildman–Crippen MR) is 127 cm³/mol. The molecule has 1 aliphatic rings. The van der Waals surface area contributed by atoms with Crippen molar-refractivity contribution in [1.29, 1.82) is 0 Å². The maximum atomic E-state index is 12.8. The van der Waals surface area contributed by atoms with Crippen molar-refractivity contribution in [2.75, 3.05) is 33.9 Å².